The summed E-state index contributed by atoms with van der Waals surface area (Å²) in [6.45, 7) is 0.856. The Labute approximate surface area is 189 Å². The summed E-state index contributed by atoms with van der Waals surface area (Å²) in [5.41, 5.74) is 5.20. The van der Waals surface area contributed by atoms with Crippen LogP contribution in [0.3, 0.4) is 0 Å². The average molecular weight is 460 g/mol. The van der Waals surface area contributed by atoms with Crippen LogP contribution < -0.4 is 15.5 Å². The number of aromatic nitrogens is 3. The molecular formula is C21H22ClN5O3S. The first-order chi connectivity index (χ1) is 15.1. The van der Waals surface area contributed by atoms with Gasteiger partial charge in [0.25, 0.3) is 0 Å². The Kier molecular flexibility index (Phi) is 6.64. The number of carbonyl (C=O) groups is 1. The van der Waals surface area contributed by atoms with Crippen LogP contribution in [0.1, 0.15) is 11.6 Å². The molecule has 1 aliphatic rings. The number of nitrogens with one attached hydrogen (secondary N) is 2. The Bertz CT molecular complexity index is 1060. The summed E-state index contributed by atoms with van der Waals surface area (Å²) in [6.07, 6.45) is 0. The molecule has 2 unspecified atom stereocenters. The molecule has 0 aliphatic carbocycles. The fraction of sp³-hybridized carbons (Fsp3) is 0.286. The standard InChI is InChI=1S/C21H22ClN5O3S/c1-29-11-10-23-20(28)18-17(14-8-9-16(30-2)15(22)12-14)26-27-19(24-25-21(27)31-18)13-6-4-3-5-7-13/h3-9,12,17-18,26H,10-11H2,1-2H3,(H,23,28). The molecule has 1 aromatic heterocycles. The first kappa shape index (κ1) is 21.5. The lowest BCUT2D eigenvalue weighted by molar-refractivity contribution is -0.121. The largest absolute Gasteiger partial charge is 0.495 e. The Morgan fingerprint density at radius 1 is 1.23 bits per heavy atom. The number of nitrogens with zero attached hydrogens (tertiary/aromatic N) is 3. The van der Waals surface area contributed by atoms with Gasteiger partial charge in [-0.3, -0.25) is 4.79 Å². The van der Waals surface area contributed by atoms with Crippen molar-refractivity contribution in [1.29, 1.82) is 0 Å². The molecule has 0 saturated heterocycles. The van der Waals surface area contributed by atoms with E-state index in [0.717, 1.165) is 11.1 Å². The maximum atomic E-state index is 13.0. The SMILES string of the molecule is COCCNC(=O)C1Sc2nnc(-c3ccccc3)n2NC1c1ccc(OC)c(Cl)c1. The molecule has 4 rings (SSSR count). The fourth-order valence-corrected chi connectivity index (χ4v) is 4.70. The topological polar surface area (TPSA) is 90.3 Å². The molecular weight excluding hydrogens is 438 g/mol. The molecule has 8 nitrogen and oxygen atoms in total. The molecule has 2 aromatic carbocycles. The van der Waals surface area contributed by atoms with Crippen molar-refractivity contribution in [3.05, 3.63) is 59.1 Å². The number of ether oxygens (including phenoxy) is 2. The van der Waals surface area contributed by atoms with Crippen molar-refractivity contribution in [2.75, 3.05) is 32.8 Å². The zero-order chi connectivity index (χ0) is 21.8. The molecule has 10 heteroatoms. The van der Waals surface area contributed by atoms with E-state index in [1.165, 1.54) is 11.8 Å². The van der Waals surface area contributed by atoms with E-state index < -0.39 is 5.25 Å². The first-order valence-electron chi connectivity index (χ1n) is 9.66. The number of methoxy groups -OCH3 is 2. The van der Waals surface area contributed by atoms with Crippen molar-refractivity contribution in [2.24, 2.45) is 0 Å². The first-order valence-corrected chi connectivity index (χ1v) is 10.9. The molecule has 1 amide bonds. The van der Waals surface area contributed by atoms with Crippen molar-refractivity contribution < 1.29 is 14.3 Å². The predicted octanol–water partition coefficient (Wildman–Crippen LogP) is 3.13. The number of halogens is 1. The van der Waals surface area contributed by atoms with Crippen molar-refractivity contribution in [3.8, 4) is 17.1 Å². The van der Waals surface area contributed by atoms with Gasteiger partial charge in [-0.05, 0) is 17.7 Å². The normalized spacial score (nSPS) is 17.5. The van der Waals surface area contributed by atoms with Crippen molar-refractivity contribution in [3.63, 3.8) is 0 Å². The van der Waals surface area contributed by atoms with Crippen molar-refractivity contribution in [1.82, 2.24) is 20.2 Å². The van der Waals surface area contributed by atoms with E-state index in [1.54, 1.807) is 20.3 Å². The number of hydrogen-bond donors (Lipinski definition) is 2. The number of carbonyl (C=O) groups excluding carboxylic acids is 1. The Hall–Kier alpha value is -2.75. The van der Waals surface area contributed by atoms with E-state index in [-0.39, 0.29) is 11.9 Å². The summed E-state index contributed by atoms with van der Waals surface area (Å²) >= 11 is 7.73. The second-order valence-corrected chi connectivity index (χ2v) is 8.35. The summed E-state index contributed by atoms with van der Waals surface area (Å²) in [5, 5.41) is 12.2. The third-order valence-electron chi connectivity index (χ3n) is 4.87. The summed E-state index contributed by atoms with van der Waals surface area (Å²) in [6, 6.07) is 14.9. The highest BCUT2D eigenvalue weighted by molar-refractivity contribution is 8.00. The minimum Gasteiger partial charge on any atom is -0.495 e. The second kappa shape index (κ2) is 9.59. The molecule has 162 valence electrons. The zero-order valence-electron chi connectivity index (χ0n) is 17.0. The molecule has 0 bridgehead atoms. The van der Waals surface area contributed by atoms with Crippen LogP contribution in [0.5, 0.6) is 5.75 Å². The highest BCUT2D eigenvalue weighted by atomic mass is 35.5. The molecule has 3 aromatic rings. The van der Waals surface area contributed by atoms with Crippen molar-refractivity contribution in [2.45, 2.75) is 16.4 Å². The van der Waals surface area contributed by atoms with E-state index >= 15 is 0 Å². The lowest BCUT2D eigenvalue weighted by atomic mass is 10.0. The molecule has 2 N–H and O–H groups in total. The van der Waals surface area contributed by atoms with E-state index in [2.05, 4.69) is 20.9 Å². The molecule has 31 heavy (non-hydrogen) atoms. The molecule has 1 aliphatic heterocycles. The van der Waals surface area contributed by atoms with E-state index in [1.807, 2.05) is 47.1 Å². The van der Waals surface area contributed by atoms with Gasteiger partial charge in [0.05, 0.1) is 24.8 Å². The van der Waals surface area contributed by atoms with Gasteiger partial charge in [0, 0.05) is 19.2 Å². The van der Waals surface area contributed by atoms with Gasteiger partial charge < -0.3 is 20.2 Å². The van der Waals surface area contributed by atoms with Gasteiger partial charge in [-0.15, -0.1) is 10.2 Å². The van der Waals surface area contributed by atoms with Gasteiger partial charge in [-0.25, -0.2) is 4.68 Å². The lowest BCUT2D eigenvalue weighted by Crippen LogP contribution is -2.44. The Morgan fingerprint density at radius 2 is 2.03 bits per heavy atom. The van der Waals surface area contributed by atoms with E-state index in [9.17, 15) is 4.79 Å². The van der Waals surface area contributed by atoms with Crippen LogP contribution in [0.15, 0.2) is 53.7 Å². The van der Waals surface area contributed by atoms with Crippen LogP contribution in [0.25, 0.3) is 11.4 Å². The molecule has 0 radical (unpaired) electrons. The van der Waals surface area contributed by atoms with Crippen LogP contribution in [-0.2, 0) is 9.53 Å². The van der Waals surface area contributed by atoms with Crippen LogP contribution in [0.2, 0.25) is 5.02 Å². The molecule has 0 fully saturated rings. The zero-order valence-corrected chi connectivity index (χ0v) is 18.6. The van der Waals surface area contributed by atoms with Crippen LogP contribution in [0.4, 0.5) is 0 Å². The Morgan fingerprint density at radius 3 is 2.74 bits per heavy atom. The average Bonchev–Trinajstić information content (AvgIpc) is 3.22. The third-order valence-corrected chi connectivity index (χ3v) is 6.38. The minimum atomic E-state index is -0.485. The van der Waals surface area contributed by atoms with E-state index in [4.69, 9.17) is 21.1 Å². The molecule has 2 heterocycles. The lowest BCUT2D eigenvalue weighted by Gasteiger charge is -2.33. The fourth-order valence-electron chi connectivity index (χ4n) is 3.33. The molecule has 2 atom stereocenters. The highest BCUT2D eigenvalue weighted by Gasteiger charge is 2.38. The predicted molar refractivity (Wildman–Crippen MR) is 120 cm³/mol. The van der Waals surface area contributed by atoms with Crippen molar-refractivity contribution >= 4 is 29.3 Å². The monoisotopic (exact) mass is 459 g/mol. The second-order valence-electron chi connectivity index (χ2n) is 6.83. The number of rotatable bonds is 7. The Balaban J connectivity index is 1.70. The van der Waals surface area contributed by atoms with E-state index in [0.29, 0.717) is 34.9 Å². The van der Waals surface area contributed by atoms with Gasteiger partial charge in [0.15, 0.2) is 5.82 Å². The molecule has 0 saturated carbocycles. The maximum Gasteiger partial charge on any atom is 0.236 e. The number of fused-ring (bicyclic) bond motifs is 1. The van der Waals surface area contributed by atoms with Gasteiger partial charge in [0.1, 0.15) is 11.0 Å². The number of thioether (sulfide) groups is 1. The summed E-state index contributed by atoms with van der Waals surface area (Å²) in [4.78, 5) is 13.0. The number of amides is 1. The maximum absolute atomic E-state index is 13.0. The quantitative estimate of drug-likeness (QED) is 0.524. The summed E-state index contributed by atoms with van der Waals surface area (Å²) < 4.78 is 12.1. The summed E-state index contributed by atoms with van der Waals surface area (Å²) in [5.74, 6) is 1.12. The van der Waals surface area contributed by atoms with Crippen LogP contribution >= 0.6 is 23.4 Å². The van der Waals surface area contributed by atoms with Gasteiger partial charge in [-0.2, -0.15) is 0 Å². The van der Waals surface area contributed by atoms with Gasteiger partial charge in [-0.1, -0.05) is 59.8 Å². The van der Waals surface area contributed by atoms with Crippen LogP contribution in [-0.4, -0.2) is 53.4 Å². The third kappa shape index (κ3) is 4.48. The highest BCUT2D eigenvalue weighted by Crippen LogP contribution is 2.40. The van der Waals surface area contributed by atoms with Crippen LogP contribution in [0, 0.1) is 0 Å². The number of benzene rings is 2. The van der Waals surface area contributed by atoms with Gasteiger partial charge >= 0.3 is 0 Å². The minimum absolute atomic E-state index is 0.123. The number of hydrogen-bond acceptors (Lipinski definition) is 7. The summed E-state index contributed by atoms with van der Waals surface area (Å²) in [7, 11) is 3.16. The smallest absolute Gasteiger partial charge is 0.236 e. The van der Waals surface area contributed by atoms with Gasteiger partial charge in [0.2, 0.25) is 11.1 Å². The molecule has 0 spiro atoms.